The topological polar surface area (TPSA) is 122 Å². The van der Waals surface area contributed by atoms with E-state index in [1.54, 1.807) is 19.2 Å². The average Bonchev–Trinajstić information content (AvgIpc) is 3.51. The number of carboxylic acids is 1. The van der Waals surface area contributed by atoms with E-state index in [1.807, 2.05) is 6.07 Å². The highest BCUT2D eigenvalue weighted by atomic mass is 79.9. The lowest BCUT2D eigenvalue weighted by molar-refractivity contribution is -0.136. The minimum absolute atomic E-state index is 0.00295. The summed E-state index contributed by atoms with van der Waals surface area (Å²) >= 11 is 9.57. The molecule has 208 valence electrons. The maximum atomic E-state index is 15.1. The van der Waals surface area contributed by atoms with Gasteiger partial charge in [0.15, 0.2) is 5.82 Å². The van der Waals surface area contributed by atoms with Crippen LogP contribution in [0.1, 0.15) is 33.1 Å². The van der Waals surface area contributed by atoms with Gasteiger partial charge in [0, 0.05) is 35.4 Å². The van der Waals surface area contributed by atoms with Crippen molar-refractivity contribution in [1.29, 1.82) is 0 Å². The monoisotopic (exact) mass is 638 g/mol. The fourth-order valence-electron chi connectivity index (χ4n) is 4.70. The SMILES string of the molecule is CN(C(=O)C1c2cccc(Br)c2CCN1C(=O)C=Cc1c(-n2cnnn2)ccc(Cl)c1F)c1ccc(C(=O)O)cc1. The number of benzene rings is 3. The summed E-state index contributed by atoms with van der Waals surface area (Å²) in [5.74, 6) is -2.77. The number of hydrogen-bond donors (Lipinski definition) is 1. The third-order valence-corrected chi connectivity index (χ3v) is 7.85. The second-order valence-electron chi connectivity index (χ2n) is 9.12. The zero-order valence-electron chi connectivity index (χ0n) is 21.4. The van der Waals surface area contributed by atoms with Crippen LogP contribution in [-0.2, 0) is 16.0 Å². The minimum Gasteiger partial charge on any atom is -0.478 e. The van der Waals surface area contributed by atoms with Crippen LogP contribution in [0.25, 0.3) is 11.8 Å². The molecule has 0 radical (unpaired) electrons. The lowest BCUT2D eigenvalue weighted by atomic mass is 9.91. The van der Waals surface area contributed by atoms with E-state index in [-0.39, 0.29) is 28.4 Å². The van der Waals surface area contributed by atoms with Crippen LogP contribution in [0.15, 0.2) is 71.5 Å². The Balaban J connectivity index is 1.51. The van der Waals surface area contributed by atoms with Crippen LogP contribution in [0.4, 0.5) is 10.1 Å². The first kappa shape index (κ1) is 28.1. The summed E-state index contributed by atoms with van der Waals surface area (Å²) in [6, 6.07) is 13.2. The van der Waals surface area contributed by atoms with E-state index in [9.17, 15) is 19.5 Å². The zero-order valence-corrected chi connectivity index (χ0v) is 23.8. The number of anilines is 1. The van der Waals surface area contributed by atoms with Crippen molar-refractivity contribution in [3.05, 3.63) is 105 Å². The smallest absolute Gasteiger partial charge is 0.335 e. The van der Waals surface area contributed by atoms with Gasteiger partial charge in [-0.1, -0.05) is 39.7 Å². The van der Waals surface area contributed by atoms with Crippen LogP contribution in [0.3, 0.4) is 0 Å². The molecule has 1 aromatic heterocycles. The number of hydrogen-bond acceptors (Lipinski definition) is 6. The number of carbonyl (C=O) groups excluding carboxylic acids is 2. The Hall–Kier alpha value is -4.42. The van der Waals surface area contributed by atoms with Crippen molar-refractivity contribution in [2.75, 3.05) is 18.5 Å². The fraction of sp³-hybridized carbons (Fsp3) is 0.143. The Labute approximate surface area is 246 Å². The van der Waals surface area contributed by atoms with Crippen LogP contribution in [0.2, 0.25) is 5.02 Å². The van der Waals surface area contributed by atoms with E-state index in [0.717, 1.165) is 10.0 Å². The van der Waals surface area contributed by atoms with Crippen molar-refractivity contribution in [2.24, 2.45) is 0 Å². The Morgan fingerprint density at radius 3 is 2.59 bits per heavy atom. The molecule has 2 heterocycles. The second-order valence-corrected chi connectivity index (χ2v) is 10.4. The Morgan fingerprint density at radius 1 is 1.15 bits per heavy atom. The molecule has 0 fully saturated rings. The number of carboxylic acid groups (broad SMARTS) is 1. The average molecular weight is 640 g/mol. The van der Waals surface area contributed by atoms with Crippen LogP contribution in [-0.4, -0.2) is 61.6 Å². The number of fused-ring (bicyclic) bond motifs is 1. The molecule has 4 aromatic rings. The molecule has 0 aliphatic carbocycles. The highest BCUT2D eigenvalue weighted by molar-refractivity contribution is 9.10. The predicted octanol–water partition coefficient (Wildman–Crippen LogP) is 4.72. The molecule has 13 heteroatoms. The molecule has 1 unspecified atom stereocenters. The summed E-state index contributed by atoms with van der Waals surface area (Å²) in [6.45, 7) is 0.221. The molecular formula is C28H21BrClFN6O4. The van der Waals surface area contributed by atoms with Gasteiger partial charge in [0.2, 0.25) is 5.91 Å². The quantitative estimate of drug-likeness (QED) is 0.303. The Bertz CT molecular complexity index is 1680. The van der Waals surface area contributed by atoms with Crippen molar-refractivity contribution < 1.29 is 23.9 Å². The third-order valence-electron chi connectivity index (χ3n) is 6.81. The maximum absolute atomic E-state index is 15.1. The first-order valence-electron chi connectivity index (χ1n) is 12.3. The van der Waals surface area contributed by atoms with Gasteiger partial charge in [0.1, 0.15) is 12.4 Å². The summed E-state index contributed by atoms with van der Waals surface area (Å²) in [5.41, 5.74) is 2.35. The van der Waals surface area contributed by atoms with Crippen molar-refractivity contribution in [3.8, 4) is 5.69 Å². The summed E-state index contributed by atoms with van der Waals surface area (Å²) < 4.78 is 17.1. The molecule has 0 saturated carbocycles. The van der Waals surface area contributed by atoms with E-state index in [2.05, 4.69) is 31.5 Å². The van der Waals surface area contributed by atoms with Gasteiger partial charge in [-0.3, -0.25) is 9.59 Å². The van der Waals surface area contributed by atoms with Gasteiger partial charge in [-0.15, -0.1) is 5.10 Å². The molecule has 41 heavy (non-hydrogen) atoms. The normalized spacial score (nSPS) is 14.6. The summed E-state index contributed by atoms with van der Waals surface area (Å²) in [6.07, 6.45) is 4.24. The van der Waals surface area contributed by atoms with Crippen LogP contribution >= 0.6 is 27.5 Å². The summed E-state index contributed by atoms with van der Waals surface area (Å²) in [4.78, 5) is 41.7. The number of carbonyl (C=O) groups is 3. The van der Waals surface area contributed by atoms with Gasteiger partial charge in [-0.25, -0.2) is 9.18 Å². The summed E-state index contributed by atoms with van der Waals surface area (Å²) in [7, 11) is 1.56. The van der Waals surface area contributed by atoms with E-state index in [4.69, 9.17) is 11.6 Å². The minimum atomic E-state index is -1.08. The van der Waals surface area contributed by atoms with Crippen molar-refractivity contribution >= 4 is 57.1 Å². The molecule has 1 N–H and O–H groups in total. The Kier molecular flexibility index (Phi) is 7.95. The van der Waals surface area contributed by atoms with Crippen molar-refractivity contribution in [1.82, 2.24) is 25.1 Å². The molecule has 1 atom stereocenters. The standard InChI is InChI=1S/C28H21BrClFN6O4/c1-35(17-7-5-16(6-8-17)28(40)41)27(39)26-19-3-2-4-21(29)18(19)13-14-36(26)24(38)12-9-20-23(37-15-32-33-34-37)11-10-22(30)25(20)31/h2-12,15,26H,13-14H2,1H3,(H,40,41). The second kappa shape index (κ2) is 11.6. The first-order chi connectivity index (χ1) is 19.7. The molecular weight excluding hydrogens is 619 g/mol. The molecule has 1 aliphatic heterocycles. The number of halogens is 3. The third kappa shape index (κ3) is 5.48. The molecule has 0 saturated heterocycles. The van der Waals surface area contributed by atoms with Crippen molar-refractivity contribution in [2.45, 2.75) is 12.5 Å². The number of rotatable bonds is 6. The number of aromatic nitrogens is 4. The molecule has 5 rings (SSSR count). The predicted molar refractivity (Wildman–Crippen MR) is 152 cm³/mol. The van der Waals surface area contributed by atoms with E-state index in [1.165, 1.54) is 69.4 Å². The largest absolute Gasteiger partial charge is 0.478 e. The van der Waals surface area contributed by atoms with E-state index >= 15 is 4.39 Å². The van der Waals surface area contributed by atoms with Gasteiger partial charge in [-0.05, 0) is 76.5 Å². The number of amides is 2. The number of nitrogens with zero attached hydrogens (tertiary/aromatic N) is 6. The number of aromatic carboxylic acids is 1. The van der Waals surface area contributed by atoms with Crippen LogP contribution in [0.5, 0.6) is 0 Å². The number of tetrazole rings is 1. The van der Waals surface area contributed by atoms with Gasteiger partial charge in [0.25, 0.3) is 5.91 Å². The van der Waals surface area contributed by atoms with Crippen molar-refractivity contribution in [3.63, 3.8) is 0 Å². The maximum Gasteiger partial charge on any atom is 0.335 e. The van der Waals surface area contributed by atoms with Crippen LogP contribution in [0, 0.1) is 5.82 Å². The van der Waals surface area contributed by atoms with E-state index < -0.39 is 29.6 Å². The van der Waals surface area contributed by atoms with E-state index in [0.29, 0.717) is 17.7 Å². The van der Waals surface area contributed by atoms with Crippen LogP contribution < -0.4 is 4.90 Å². The highest BCUT2D eigenvalue weighted by Gasteiger charge is 2.38. The van der Waals surface area contributed by atoms with Gasteiger partial charge >= 0.3 is 5.97 Å². The molecule has 2 amide bonds. The molecule has 0 spiro atoms. The Morgan fingerprint density at radius 2 is 1.90 bits per heavy atom. The molecule has 3 aromatic carbocycles. The molecule has 1 aliphatic rings. The van der Waals surface area contributed by atoms with Gasteiger partial charge < -0.3 is 14.9 Å². The lowest BCUT2D eigenvalue weighted by Crippen LogP contribution is -2.47. The highest BCUT2D eigenvalue weighted by Crippen LogP contribution is 2.36. The van der Waals surface area contributed by atoms with Gasteiger partial charge in [-0.2, -0.15) is 4.68 Å². The van der Waals surface area contributed by atoms with Gasteiger partial charge in [0.05, 0.1) is 16.3 Å². The number of likely N-dealkylation sites (N-methyl/N-ethyl adjacent to an activating group) is 1. The molecule has 0 bridgehead atoms. The molecule has 10 nitrogen and oxygen atoms in total. The lowest BCUT2D eigenvalue weighted by Gasteiger charge is -2.38. The first-order valence-corrected chi connectivity index (χ1v) is 13.4. The fourth-order valence-corrected chi connectivity index (χ4v) is 5.45. The summed E-state index contributed by atoms with van der Waals surface area (Å²) in [5, 5.41) is 20.0. The zero-order chi connectivity index (χ0) is 29.3.